The highest BCUT2D eigenvalue weighted by atomic mass is 32.2. The second-order valence-electron chi connectivity index (χ2n) is 8.05. The lowest BCUT2D eigenvalue weighted by Crippen LogP contribution is -2.40. The number of para-hydroxylation sites is 1. The number of carbonyl (C=O) groups is 3. The van der Waals surface area contributed by atoms with Crippen LogP contribution in [0.3, 0.4) is 0 Å². The van der Waals surface area contributed by atoms with Gasteiger partial charge >= 0.3 is 11.9 Å². The molecule has 2 heterocycles. The topological polar surface area (TPSA) is 137 Å². The van der Waals surface area contributed by atoms with Gasteiger partial charge in [-0.1, -0.05) is 12.1 Å². The number of aliphatic imine (C=N–C) groups is 1. The van der Waals surface area contributed by atoms with Gasteiger partial charge in [0.1, 0.15) is 6.04 Å². The molecule has 2 aromatic carbocycles. The second kappa shape index (κ2) is 11.5. The average Bonchev–Trinajstić information content (AvgIpc) is 3.27. The van der Waals surface area contributed by atoms with Crippen molar-refractivity contribution in [3.8, 4) is 17.2 Å². The molecule has 0 bridgehead atoms. The summed E-state index contributed by atoms with van der Waals surface area (Å²) in [4.78, 5) is 44.7. The molecule has 2 aliphatic rings. The van der Waals surface area contributed by atoms with E-state index in [1.165, 1.54) is 40.4 Å². The SMILES string of the molecule is COC(=O)C1=C(C)N=C2S/C(=N\Nc3ccccc3C(=O)OC)C(=O)N2C1c1ccc(OC)c(OC)c1OC. The molecule has 1 unspecified atom stereocenters. The van der Waals surface area contributed by atoms with Gasteiger partial charge in [0.2, 0.25) is 5.75 Å². The minimum absolute atomic E-state index is 0.0387. The fourth-order valence-corrected chi connectivity index (χ4v) is 5.18. The second-order valence-corrected chi connectivity index (χ2v) is 9.01. The van der Waals surface area contributed by atoms with Gasteiger partial charge in [0.05, 0.1) is 58.1 Å². The van der Waals surface area contributed by atoms with Crippen LogP contribution >= 0.6 is 11.8 Å². The first-order chi connectivity index (χ1) is 18.8. The fourth-order valence-electron chi connectivity index (χ4n) is 4.26. The molecule has 0 radical (unpaired) electrons. The summed E-state index contributed by atoms with van der Waals surface area (Å²) in [7, 11) is 6.92. The van der Waals surface area contributed by atoms with E-state index in [2.05, 4.69) is 15.5 Å². The van der Waals surface area contributed by atoms with E-state index in [9.17, 15) is 14.4 Å². The Morgan fingerprint density at radius 2 is 1.64 bits per heavy atom. The van der Waals surface area contributed by atoms with Gasteiger partial charge in [-0.3, -0.25) is 15.1 Å². The van der Waals surface area contributed by atoms with Gasteiger partial charge < -0.3 is 23.7 Å². The number of hydrogen-bond donors (Lipinski definition) is 1. The number of thioether (sulfide) groups is 1. The lowest BCUT2D eigenvalue weighted by molar-refractivity contribution is -0.137. The summed E-state index contributed by atoms with van der Waals surface area (Å²) >= 11 is 1.01. The highest BCUT2D eigenvalue weighted by Gasteiger charge is 2.48. The quantitative estimate of drug-likeness (QED) is 0.382. The Balaban J connectivity index is 1.81. The Morgan fingerprint density at radius 3 is 2.28 bits per heavy atom. The van der Waals surface area contributed by atoms with Gasteiger partial charge in [0, 0.05) is 5.56 Å². The van der Waals surface area contributed by atoms with Gasteiger partial charge in [0.25, 0.3) is 5.91 Å². The van der Waals surface area contributed by atoms with Crippen molar-refractivity contribution in [2.45, 2.75) is 13.0 Å². The first kappa shape index (κ1) is 27.5. The molecule has 1 fully saturated rings. The van der Waals surface area contributed by atoms with Crippen molar-refractivity contribution in [1.82, 2.24) is 4.90 Å². The zero-order valence-electron chi connectivity index (χ0n) is 22.1. The van der Waals surface area contributed by atoms with Crippen LogP contribution in [0.2, 0.25) is 0 Å². The number of methoxy groups -OCH3 is 5. The lowest BCUT2D eigenvalue weighted by Gasteiger charge is -2.33. The molecule has 0 saturated carbocycles. The predicted octanol–water partition coefficient (Wildman–Crippen LogP) is 3.36. The van der Waals surface area contributed by atoms with Crippen LogP contribution < -0.4 is 19.6 Å². The van der Waals surface area contributed by atoms with E-state index in [0.717, 1.165) is 11.8 Å². The van der Waals surface area contributed by atoms with Gasteiger partial charge in [-0.2, -0.15) is 5.10 Å². The summed E-state index contributed by atoms with van der Waals surface area (Å²) in [5.74, 6) is -0.791. The van der Waals surface area contributed by atoms with Gasteiger partial charge in [0.15, 0.2) is 21.7 Å². The minimum Gasteiger partial charge on any atom is -0.493 e. The van der Waals surface area contributed by atoms with Crippen LogP contribution in [-0.4, -0.2) is 68.5 Å². The van der Waals surface area contributed by atoms with Gasteiger partial charge in [-0.05, 0) is 43.0 Å². The molecule has 39 heavy (non-hydrogen) atoms. The number of hydrazone groups is 1. The maximum Gasteiger partial charge on any atom is 0.340 e. The summed E-state index contributed by atoms with van der Waals surface area (Å²) in [5, 5.41) is 4.60. The molecule has 12 nitrogen and oxygen atoms in total. The predicted molar refractivity (Wildman–Crippen MR) is 144 cm³/mol. The third-order valence-corrected chi connectivity index (χ3v) is 6.96. The molecule has 204 valence electrons. The van der Waals surface area contributed by atoms with Crippen molar-refractivity contribution >= 4 is 45.5 Å². The Morgan fingerprint density at radius 1 is 0.949 bits per heavy atom. The van der Waals surface area contributed by atoms with Crippen LogP contribution in [0.4, 0.5) is 5.69 Å². The smallest absolute Gasteiger partial charge is 0.340 e. The van der Waals surface area contributed by atoms with E-state index >= 15 is 0 Å². The van der Waals surface area contributed by atoms with Crippen molar-refractivity contribution in [1.29, 1.82) is 0 Å². The van der Waals surface area contributed by atoms with Gasteiger partial charge in [-0.25, -0.2) is 14.6 Å². The van der Waals surface area contributed by atoms with E-state index in [1.807, 2.05) is 0 Å². The molecule has 2 aromatic rings. The third kappa shape index (κ3) is 4.88. The van der Waals surface area contributed by atoms with Crippen molar-refractivity contribution < 1.29 is 38.1 Å². The molecule has 0 spiro atoms. The van der Waals surface area contributed by atoms with Gasteiger partial charge in [-0.15, -0.1) is 0 Å². The number of allylic oxidation sites excluding steroid dienone is 1. The zero-order valence-corrected chi connectivity index (χ0v) is 22.9. The number of esters is 2. The number of nitrogens with zero attached hydrogens (tertiary/aromatic N) is 3. The number of amidine groups is 1. The molecule has 1 saturated heterocycles. The number of anilines is 1. The number of hydrogen-bond acceptors (Lipinski definition) is 12. The summed E-state index contributed by atoms with van der Waals surface area (Å²) in [6.45, 7) is 1.65. The molecule has 13 heteroatoms. The summed E-state index contributed by atoms with van der Waals surface area (Å²) in [5.41, 5.74) is 4.32. The lowest BCUT2D eigenvalue weighted by atomic mass is 9.93. The number of fused-ring (bicyclic) bond motifs is 1. The van der Waals surface area contributed by atoms with E-state index in [0.29, 0.717) is 27.9 Å². The molecular weight excluding hydrogens is 528 g/mol. The molecular formula is C26H26N4O8S. The van der Waals surface area contributed by atoms with E-state index < -0.39 is 23.9 Å². The maximum atomic E-state index is 13.8. The third-order valence-electron chi connectivity index (χ3n) is 6.03. The standard InChI is InChI=1S/C26H26N4O8S/c1-13-18(25(33)38-6)19(15-11-12-17(34-2)21(36-4)20(15)35-3)30-23(31)22(39-26(30)27-13)29-28-16-10-8-7-9-14(16)24(32)37-5/h7-12,19,28H,1-6H3/b29-22-. The molecule has 0 aliphatic carbocycles. The maximum absolute atomic E-state index is 13.8. The Bertz CT molecular complexity index is 1440. The molecule has 1 amide bonds. The average molecular weight is 555 g/mol. The first-order valence-corrected chi connectivity index (χ1v) is 12.3. The Labute approximate surface area is 228 Å². The number of benzene rings is 2. The Hall–Kier alpha value is -4.52. The number of amides is 1. The summed E-state index contributed by atoms with van der Waals surface area (Å²) in [6, 6.07) is 8.95. The minimum atomic E-state index is -0.977. The fraction of sp³-hybridized carbons (Fsp3) is 0.269. The van der Waals surface area contributed by atoms with Crippen LogP contribution in [0.25, 0.3) is 0 Å². The highest BCUT2D eigenvalue weighted by Crippen LogP contribution is 2.49. The van der Waals surface area contributed by atoms with Crippen LogP contribution in [0.15, 0.2) is 57.8 Å². The van der Waals surface area contributed by atoms with Crippen LogP contribution in [0, 0.1) is 0 Å². The summed E-state index contributed by atoms with van der Waals surface area (Å²) in [6.07, 6.45) is 0. The van der Waals surface area contributed by atoms with E-state index in [4.69, 9.17) is 23.7 Å². The number of nitrogens with one attached hydrogen (secondary N) is 1. The van der Waals surface area contributed by atoms with Crippen LogP contribution in [0.1, 0.15) is 28.9 Å². The Kier molecular flexibility index (Phi) is 8.10. The first-order valence-electron chi connectivity index (χ1n) is 11.5. The van der Waals surface area contributed by atoms with Crippen molar-refractivity contribution in [2.75, 3.05) is 41.0 Å². The van der Waals surface area contributed by atoms with E-state index in [1.54, 1.807) is 43.3 Å². The molecule has 0 aromatic heterocycles. The monoisotopic (exact) mass is 554 g/mol. The van der Waals surface area contributed by atoms with Crippen molar-refractivity contribution in [2.24, 2.45) is 10.1 Å². The molecule has 4 rings (SSSR count). The van der Waals surface area contributed by atoms with Crippen LogP contribution in [0.5, 0.6) is 17.2 Å². The molecule has 1 atom stereocenters. The van der Waals surface area contributed by atoms with E-state index in [-0.39, 0.29) is 27.7 Å². The molecule has 1 N–H and O–H groups in total. The highest BCUT2D eigenvalue weighted by molar-refractivity contribution is 8.29. The summed E-state index contributed by atoms with van der Waals surface area (Å²) < 4.78 is 26.5. The largest absolute Gasteiger partial charge is 0.493 e. The van der Waals surface area contributed by atoms with Crippen LogP contribution in [-0.2, 0) is 19.1 Å². The molecule has 2 aliphatic heterocycles. The number of ether oxygens (including phenoxy) is 5. The number of rotatable bonds is 8. The zero-order chi connectivity index (χ0) is 28.3. The number of carbonyl (C=O) groups excluding carboxylic acids is 3. The normalized spacial score (nSPS) is 17.4. The van der Waals surface area contributed by atoms with Crippen molar-refractivity contribution in [3.63, 3.8) is 0 Å². The van der Waals surface area contributed by atoms with Crippen molar-refractivity contribution in [3.05, 3.63) is 58.8 Å².